The Kier molecular flexibility index (Phi) is 3.68. The van der Waals surface area contributed by atoms with Crippen molar-refractivity contribution in [3.63, 3.8) is 0 Å². The van der Waals surface area contributed by atoms with E-state index in [1.54, 1.807) is 11.3 Å². The molecule has 0 unspecified atom stereocenters. The summed E-state index contributed by atoms with van der Waals surface area (Å²) in [6.07, 6.45) is 4.46. The van der Waals surface area contributed by atoms with E-state index in [1.807, 2.05) is 0 Å². The molecule has 3 nitrogen and oxygen atoms in total. The maximum absolute atomic E-state index is 12.7. The summed E-state index contributed by atoms with van der Waals surface area (Å²) in [5.41, 5.74) is 4.74. The van der Waals surface area contributed by atoms with Crippen molar-refractivity contribution in [2.45, 2.75) is 58.0 Å². The number of nitrogens with one attached hydrogen (secondary N) is 2. The second-order valence-electron chi connectivity index (χ2n) is 7.84. The zero-order chi connectivity index (χ0) is 16.9. The molecule has 1 aromatic carbocycles. The highest BCUT2D eigenvalue weighted by Crippen LogP contribution is 2.41. The molecule has 0 saturated carbocycles. The Hall–Kier alpha value is -1.81. The Bertz CT molecular complexity index is 783. The number of carbonyl (C=O) groups excluding carboxylic acids is 1. The third kappa shape index (κ3) is 2.63. The predicted molar refractivity (Wildman–Crippen MR) is 99.9 cm³/mol. The van der Waals surface area contributed by atoms with Gasteiger partial charge in [0.25, 0.3) is 5.91 Å². The van der Waals surface area contributed by atoms with Crippen LogP contribution in [0.4, 0.5) is 5.00 Å². The van der Waals surface area contributed by atoms with E-state index in [4.69, 9.17) is 0 Å². The number of amides is 1. The van der Waals surface area contributed by atoms with Crippen LogP contribution in [0.1, 0.15) is 71.7 Å². The van der Waals surface area contributed by atoms with Gasteiger partial charge in [-0.2, -0.15) is 0 Å². The topological polar surface area (TPSA) is 41.1 Å². The van der Waals surface area contributed by atoms with E-state index in [2.05, 4.69) is 55.7 Å². The van der Waals surface area contributed by atoms with Gasteiger partial charge in [0.05, 0.1) is 5.56 Å². The van der Waals surface area contributed by atoms with Crippen LogP contribution >= 0.6 is 11.3 Å². The lowest BCUT2D eigenvalue weighted by molar-refractivity contribution is 0.0935. The molecule has 1 aliphatic carbocycles. The summed E-state index contributed by atoms with van der Waals surface area (Å²) in [4.78, 5) is 14.1. The average Bonchev–Trinajstić information content (AvgIpc) is 2.93. The van der Waals surface area contributed by atoms with Gasteiger partial charge in [-0.05, 0) is 47.8 Å². The van der Waals surface area contributed by atoms with Crippen molar-refractivity contribution < 1.29 is 4.79 Å². The average molecular weight is 340 g/mol. The van der Waals surface area contributed by atoms with Crippen molar-refractivity contribution in [1.29, 1.82) is 0 Å². The number of fused-ring (bicyclic) bond motifs is 3. The van der Waals surface area contributed by atoms with E-state index in [0.29, 0.717) is 0 Å². The molecule has 1 amide bonds. The first kappa shape index (κ1) is 15.7. The van der Waals surface area contributed by atoms with Crippen LogP contribution < -0.4 is 10.6 Å². The van der Waals surface area contributed by atoms with Gasteiger partial charge in [0.1, 0.15) is 11.2 Å². The molecule has 1 aliphatic heterocycles. The molecular weight excluding hydrogens is 316 g/mol. The van der Waals surface area contributed by atoms with Crippen LogP contribution in [0.15, 0.2) is 24.3 Å². The van der Waals surface area contributed by atoms with Crippen molar-refractivity contribution in [1.82, 2.24) is 5.32 Å². The summed E-state index contributed by atoms with van der Waals surface area (Å²) < 4.78 is 0. The predicted octanol–water partition coefficient (Wildman–Crippen LogP) is 4.78. The fourth-order valence-electron chi connectivity index (χ4n) is 3.62. The minimum absolute atomic E-state index is 0.0769. The van der Waals surface area contributed by atoms with Gasteiger partial charge >= 0.3 is 0 Å². The van der Waals surface area contributed by atoms with Gasteiger partial charge in [0.15, 0.2) is 0 Å². The third-order valence-electron chi connectivity index (χ3n) is 5.06. The van der Waals surface area contributed by atoms with Crippen LogP contribution in [0.2, 0.25) is 0 Å². The Morgan fingerprint density at radius 1 is 1.04 bits per heavy atom. The molecule has 0 saturated heterocycles. The molecule has 4 rings (SSSR count). The van der Waals surface area contributed by atoms with Crippen LogP contribution in [0, 0.1) is 0 Å². The second-order valence-corrected chi connectivity index (χ2v) is 8.94. The lowest BCUT2D eigenvalue weighted by Crippen LogP contribution is -2.38. The monoisotopic (exact) mass is 340 g/mol. The van der Waals surface area contributed by atoms with E-state index in [1.165, 1.54) is 28.8 Å². The molecule has 0 spiro atoms. The molecular formula is C20H24N2OS. The third-order valence-corrected chi connectivity index (χ3v) is 6.28. The fourth-order valence-corrected chi connectivity index (χ4v) is 4.94. The summed E-state index contributed by atoms with van der Waals surface area (Å²) in [7, 11) is 0. The van der Waals surface area contributed by atoms with Crippen molar-refractivity contribution in [2.75, 3.05) is 5.32 Å². The summed E-state index contributed by atoms with van der Waals surface area (Å²) in [5, 5.41) is 7.74. The van der Waals surface area contributed by atoms with Crippen molar-refractivity contribution >= 4 is 22.2 Å². The SMILES string of the molecule is CC(C)(C)c1ccc([C@H]2NC(=O)c3c(sc4c3CCCC4)N2)cc1. The van der Waals surface area contributed by atoms with Crippen LogP contribution in [0.25, 0.3) is 0 Å². The lowest BCUT2D eigenvalue weighted by atomic mass is 9.86. The molecule has 2 heterocycles. The summed E-state index contributed by atoms with van der Waals surface area (Å²) >= 11 is 1.78. The molecule has 2 aromatic rings. The number of hydrogen-bond acceptors (Lipinski definition) is 3. The lowest BCUT2D eigenvalue weighted by Gasteiger charge is -2.27. The fraction of sp³-hybridized carbons (Fsp3) is 0.450. The Morgan fingerprint density at radius 3 is 2.46 bits per heavy atom. The number of benzene rings is 1. The Balaban J connectivity index is 1.63. The summed E-state index contributed by atoms with van der Waals surface area (Å²) in [5.74, 6) is 0.0769. The van der Waals surface area contributed by atoms with E-state index in [-0.39, 0.29) is 17.5 Å². The zero-order valence-corrected chi connectivity index (χ0v) is 15.3. The smallest absolute Gasteiger partial charge is 0.256 e. The first-order valence-electron chi connectivity index (χ1n) is 8.76. The molecule has 0 radical (unpaired) electrons. The van der Waals surface area contributed by atoms with Crippen molar-refractivity contribution in [2.24, 2.45) is 0 Å². The van der Waals surface area contributed by atoms with Crippen molar-refractivity contribution in [3.05, 3.63) is 51.4 Å². The molecule has 0 fully saturated rings. The Morgan fingerprint density at radius 2 is 1.75 bits per heavy atom. The minimum Gasteiger partial charge on any atom is -0.353 e. The molecule has 0 bridgehead atoms. The van der Waals surface area contributed by atoms with E-state index >= 15 is 0 Å². The highest BCUT2D eigenvalue weighted by atomic mass is 32.1. The molecule has 1 aromatic heterocycles. The van der Waals surface area contributed by atoms with Gasteiger partial charge in [-0.1, -0.05) is 45.0 Å². The minimum atomic E-state index is -0.140. The van der Waals surface area contributed by atoms with E-state index in [9.17, 15) is 4.79 Å². The maximum Gasteiger partial charge on any atom is 0.256 e. The number of thiophene rings is 1. The standard InChI is InChI=1S/C20H24N2OS/c1-20(2,3)13-10-8-12(9-11-13)17-21-18(23)16-14-6-4-5-7-15(14)24-19(16)22-17/h8-11,17,22H,4-7H2,1-3H3,(H,21,23)/t17-/m0/s1. The van der Waals surface area contributed by atoms with Gasteiger partial charge in [-0.25, -0.2) is 0 Å². The summed E-state index contributed by atoms with van der Waals surface area (Å²) in [6.45, 7) is 6.64. The molecule has 2 aliphatic rings. The van der Waals surface area contributed by atoms with E-state index in [0.717, 1.165) is 29.0 Å². The molecule has 24 heavy (non-hydrogen) atoms. The van der Waals surface area contributed by atoms with Crippen LogP contribution in [0.5, 0.6) is 0 Å². The second kappa shape index (κ2) is 5.62. The zero-order valence-electron chi connectivity index (χ0n) is 14.5. The van der Waals surface area contributed by atoms with Gasteiger partial charge in [-0.15, -0.1) is 11.3 Å². The number of carbonyl (C=O) groups is 1. The number of aryl methyl sites for hydroxylation is 1. The van der Waals surface area contributed by atoms with Crippen molar-refractivity contribution in [3.8, 4) is 0 Å². The maximum atomic E-state index is 12.7. The highest BCUT2D eigenvalue weighted by Gasteiger charge is 2.32. The number of anilines is 1. The largest absolute Gasteiger partial charge is 0.353 e. The quantitative estimate of drug-likeness (QED) is 0.784. The van der Waals surface area contributed by atoms with Gasteiger partial charge in [-0.3, -0.25) is 4.79 Å². The normalized spacial score (nSPS) is 20.0. The van der Waals surface area contributed by atoms with Crippen LogP contribution in [-0.2, 0) is 18.3 Å². The first-order valence-corrected chi connectivity index (χ1v) is 9.57. The summed E-state index contributed by atoms with van der Waals surface area (Å²) in [6, 6.07) is 8.57. The van der Waals surface area contributed by atoms with Gasteiger partial charge in [0, 0.05) is 4.88 Å². The molecule has 2 N–H and O–H groups in total. The number of rotatable bonds is 1. The first-order chi connectivity index (χ1) is 11.4. The molecule has 126 valence electrons. The van der Waals surface area contributed by atoms with Gasteiger partial charge < -0.3 is 10.6 Å². The van der Waals surface area contributed by atoms with E-state index < -0.39 is 0 Å². The van der Waals surface area contributed by atoms with Gasteiger partial charge in [0.2, 0.25) is 0 Å². The van der Waals surface area contributed by atoms with Crippen LogP contribution in [0.3, 0.4) is 0 Å². The molecule has 1 atom stereocenters. The molecule has 4 heteroatoms. The number of hydrogen-bond donors (Lipinski definition) is 2. The highest BCUT2D eigenvalue weighted by molar-refractivity contribution is 7.16. The van der Waals surface area contributed by atoms with Crippen LogP contribution in [-0.4, -0.2) is 5.91 Å². The Labute approximate surface area is 147 Å².